The van der Waals surface area contributed by atoms with Crippen molar-refractivity contribution in [1.82, 2.24) is 9.80 Å². The first-order valence-electron chi connectivity index (χ1n) is 11.4. The number of hydrogen-bond acceptors (Lipinski definition) is 3. The quantitative estimate of drug-likeness (QED) is 0.721. The number of amides is 1. The van der Waals surface area contributed by atoms with E-state index < -0.39 is 11.7 Å². The number of hydrogen-bond donors (Lipinski definition) is 0. The minimum absolute atomic E-state index is 0.211. The van der Waals surface area contributed by atoms with Gasteiger partial charge in [-0.25, -0.2) is 0 Å². The molecule has 3 saturated heterocycles. The summed E-state index contributed by atoms with van der Waals surface area (Å²) in [7, 11) is 0. The number of piperidine rings is 1. The molecular weight excluding hydrogens is 415 g/mol. The number of likely N-dealkylation sites (N-methyl/N-ethyl adjacent to an activating group) is 1. The number of benzene rings is 2. The van der Waals surface area contributed by atoms with Gasteiger partial charge in [-0.2, -0.15) is 13.2 Å². The van der Waals surface area contributed by atoms with Gasteiger partial charge in [0.25, 0.3) is 5.91 Å². The van der Waals surface area contributed by atoms with Gasteiger partial charge in [-0.05, 0) is 60.3 Å². The first-order chi connectivity index (χ1) is 15.3. The van der Waals surface area contributed by atoms with Gasteiger partial charge in [-0.1, -0.05) is 19.1 Å². The van der Waals surface area contributed by atoms with E-state index in [1.807, 2.05) is 0 Å². The van der Waals surface area contributed by atoms with Crippen molar-refractivity contribution in [1.29, 1.82) is 0 Å². The molecule has 2 bridgehead atoms. The average Bonchev–Trinajstić information content (AvgIpc) is 3.64. The van der Waals surface area contributed by atoms with E-state index in [1.165, 1.54) is 29.9 Å². The van der Waals surface area contributed by atoms with Crippen molar-refractivity contribution in [3.63, 3.8) is 0 Å². The Bertz CT molecular complexity index is 1030. The van der Waals surface area contributed by atoms with Crippen molar-refractivity contribution in [3.8, 4) is 0 Å². The van der Waals surface area contributed by atoms with Gasteiger partial charge in [-0.15, -0.1) is 0 Å². The fourth-order valence-electron chi connectivity index (χ4n) is 6.33. The van der Waals surface area contributed by atoms with Gasteiger partial charge in [0.1, 0.15) is 0 Å². The lowest BCUT2D eigenvalue weighted by Crippen LogP contribution is -2.48. The Balaban J connectivity index is 1.07. The minimum Gasteiger partial charge on any atom is -0.368 e. The zero-order valence-electron chi connectivity index (χ0n) is 18.0. The Morgan fingerprint density at radius 2 is 1.59 bits per heavy atom. The number of rotatable bonds is 4. The number of alkyl halides is 3. The predicted octanol–water partition coefficient (Wildman–Crippen LogP) is 3.87. The summed E-state index contributed by atoms with van der Waals surface area (Å²) in [6.07, 6.45) is -4.39. The largest absolute Gasteiger partial charge is 0.416 e. The third-order valence-corrected chi connectivity index (χ3v) is 8.15. The molecule has 0 spiro atoms. The molecule has 0 radical (unpaired) electrons. The second-order valence-corrected chi connectivity index (χ2v) is 9.55. The van der Waals surface area contributed by atoms with E-state index in [9.17, 15) is 18.0 Å². The molecule has 168 valence electrons. The lowest BCUT2D eigenvalue weighted by atomic mass is 9.88. The summed E-state index contributed by atoms with van der Waals surface area (Å²) in [6.45, 7) is 7.15. The fraction of sp³-hybridized carbons (Fsp3) is 0.480. The van der Waals surface area contributed by atoms with E-state index in [0.29, 0.717) is 37.2 Å². The Morgan fingerprint density at radius 3 is 2.12 bits per heavy atom. The van der Waals surface area contributed by atoms with E-state index in [2.05, 4.69) is 41.0 Å². The zero-order valence-corrected chi connectivity index (χ0v) is 18.0. The van der Waals surface area contributed by atoms with Gasteiger partial charge in [-0.3, -0.25) is 9.69 Å². The summed E-state index contributed by atoms with van der Waals surface area (Å²) >= 11 is 0. The normalized spacial score (nSPS) is 30.9. The van der Waals surface area contributed by atoms with E-state index >= 15 is 0 Å². The summed E-state index contributed by atoms with van der Waals surface area (Å²) in [5.74, 6) is 1.55. The van der Waals surface area contributed by atoms with Gasteiger partial charge >= 0.3 is 6.18 Å². The van der Waals surface area contributed by atoms with Crippen LogP contribution in [0.1, 0.15) is 28.4 Å². The summed E-state index contributed by atoms with van der Waals surface area (Å²) in [5, 5.41) is 0. The SMILES string of the molecule is CCN1CC2(c3ccc(N4CCN(C(=O)c5ccc(C(F)(F)F)cc5)CC4)cc3)C3C1C32. The molecule has 2 saturated carbocycles. The maximum absolute atomic E-state index is 12.7. The molecule has 2 atom stereocenters. The van der Waals surface area contributed by atoms with Crippen LogP contribution in [0, 0.1) is 11.8 Å². The minimum atomic E-state index is -4.39. The molecule has 0 aromatic heterocycles. The van der Waals surface area contributed by atoms with Gasteiger partial charge in [0, 0.05) is 55.4 Å². The monoisotopic (exact) mass is 441 g/mol. The van der Waals surface area contributed by atoms with E-state index in [-0.39, 0.29) is 5.91 Å². The second-order valence-electron chi connectivity index (χ2n) is 9.55. The third-order valence-electron chi connectivity index (χ3n) is 8.15. The van der Waals surface area contributed by atoms with Crippen molar-refractivity contribution in [2.75, 3.05) is 44.2 Å². The van der Waals surface area contributed by atoms with Gasteiger partial charge in [0.15, 0.2) is 0 Å². The Hall–Kier alpha value is -2.54. The number of anilines is 1. The maximum atomic E-state index is 12.7. The van der Waals surface area contributed by atoms with Crippen molar-refractivity contribution >= 4 is 11.6 Å². The molecular formula is C25H26F3N3O. The van der Waals surface area contributed by atoms with E-state index in [4.69, 9.17) is 0 Å². The van der Waals surface area contributed by atoms with Crippen LogP contribution in [-0.4, -0.2) is 61.0 Å². The first-order valence-corrected chi connectivity index (χ1v) is 11.4. The predicted molar refractivity (Wildman–Crippen MR) is 116 cm³/mol. The standard InChI is InChI=1S/C25H26F3N3O/c1-2-29-15-24(20-21(24)22(20)29)17-7-9-19(10-8-17)30-11-13-31(14-12-30)23(32)16-3-5-18(6-4-16)25(26,27)28/h3-10,20-22H,2,11-15H2,1H3. The van der Waals surface area contributed by atoms with Crippen LogP contribution in [0.3, 0.4) is 0 Å². The number of carbonyl (C=O) groups is 1. The van der Waals surface area contributed by atoms with Gasteiger partial charge in [0.05, 0.1) is 5.56 Å². The third kappa shape index (κ3) is 2.83. The van der Waals surface area contributed by atoms with Crippen LogP contribution in [-0.2, 0) is 11.6 Å². The van der Waals surface area contributed by atoms with Crippen LogP contribution in [0.4, 0.5) is 18.9 Å². The topological polar surface area (TPSA) is 26.8 Å². The Kier molecular flexibility index (Phi) is 4.23. The average molecular weight is 441 g/mol. The van der Waals surface area contributed by atoms with Crippen LogP contribution in [0.2, 0.25) is 0 Å². The van der Waals surface area contributed by atoms with Crippen LogP contribution in [0.25, 0.3) is 0 Å². The summed E-state index contributed by atoms with van der Waals surface area (Å²) in [4.78, 5) is 19.3. The van der Waals surface area contributed by atoms with Gasteiger partial charge < -0.3 is 9.80 Å². The molecule has 0 N–H and O–H groups in total. The lowest BCUT2D eigenvalue weighted by Gasteiger charge is -2.36. The molecule has 5 aliphatic rings. The van der Waals surface area contributed by atoms with Crippen molar-refractivity contribution in [2.24, 2.45) is 11.8 Å². The smallest absolute Gasteiger partial charge is 0.368 e. The molecule has 5 fully saturated rings. The van der Waals surface area contributed by atoms with Gasteiger partial charge in [0.2, 0.25) is 0 Å². The Labute approximate surface area is 185 Å². The summed E-state index contributed by atoms with van der Waals surface area (Å²) < 4.78 is 38.2. The number of halogens is 3. The lowest BCUT2D eigenvalue weighted by molar-refractivity contribution is -0.137. The van der Waals surface area contributed by atoms with Crippen molar-refractivity contribution < 1.29 is 18.0 Å². The molecule has 2 aromatic rings. The molecule has 3 aliphatic heterocycles. The van der Waals surface area contributed by atoms with E-state index in [0.717, 1.165) is 36.6 Å². The van der Waals surface area contributed by atoms with E-state index in [1.54, 1.807) is 4.90 Å². The summed E-state index contributed by atoms with van der Waals surface area (Å²) in [5.41, 5.74) is 2.63. The number of carbonyl (C=O) groups excluding carboxylic acids is 1. The number of fused-ring (bicyclic) bond motifs is 1. The van der Waals surface area contributed by atoms with Crippen LogP contribution < -0.4 is 4.90 Å². The van der Waals surface area contributed by atoms with Crippen LogP contribution in [0.5, 0.6) is 0 Å². The summed E-state index contributed by atoms with van der Waals surface area (Å²) in [6, 6.07) is 14.3. The molecule has 4 nitrogen and oxygen atoms in total. The Morgan fingerprint density at radius 1 is 0.969 bits per heavy atom. The molecule has 2 aromatic carbocycles. The molecule has 2 aliphatic carbocycles. The highest BCUT2D eigenvalue weighted by atomic mass is 19.4. The maximum Gasteiger partial charge on any atom is 0.416 e. The number of piperazine rings is 1. The molecule has 1 amide bonds. The molecule has 7 rings (SSSR count). The highest BCUT2D eigenvalue weighted by molar-refractivity contribution is 5.94. The molecule has 2 unspecified atom stereocenters. The molecule has 32 heavy (non-hydrogen) atoms. The second kappa shape index (κ2) is 6.73. The highest BCUT2D eigenvalue weighted by Crippen LogP contribution is 2.83. The molecule has 7 heteroatoms. The van der Waals surface area contributed by atoms with Crippen molar-refractivity contribution in [2.45, 2.75) is 24.6 Å². The highest BCUT2D eigenvalue weighted by Gasteiger charge is 2.89. The number of nitrogens with zero attached hydrogens (tertiary/aromatic N) is 3. The first kappa shape index (κ1) is 20.1. The van der Waals surface area contributed by atoms with Crippen LogP contribution in [0.15, 0.2) is 48.5 Å². The fourth-order valence-corrected chi connectivity index (χ4v) is 6.33. The van der Waals surface area contributed by atoms with Crippen LogP contribution >= 0.6 is 0 Å². The van der Waals surface area contributed by atoms with Crippen molar-refractivity contribution in [3.05, 3.63) is 65.2 Å². The zero-order chi connectivity index (χ0) is 22.3. The molecule has 3 heterocycles.